The smallest absolute Gasteiger partial charge is 0.252 e. The van der Waals surface area contributed by atoms with E-state index in [1.54, 1.807) is 24.3 Å². The molecule has 25 heavy (non-hydrogen) atoms. The molecule has 1 amide bonds. The molecule has 0 fully saturated rings. The zero-order valence-electron chi connectivity index (χ0n) is 15.2. The number of amides is 1. The molecular formula is C21H24N2O2. The second-order valence-corrected chi connectivity index (χ2v) is 6.09. The molecule has 0 unspecified atom stereocenters. The van der Waals surface area contributed by atoms with Crippen LogP contribution in [0.4, 0.5) is 5.69 Å². The maximum absolute atomic E-state index is 12.1. The number of nitrogens with one attached hydrogen (secondary N) is 1. The van der Waals surface area contributed by atoms with E-state index in [-0.39, 0.29) is 12.0 Å². The molecule has 0 radical (unpaired) electrons. The van der Waals surface area contributed by atoms with E-state index in [0.29, 0.717) is 12.1 Å². The molecule has 0 saturated carbocycles. The summed E-state index contributed by atoms with van der Waals surface area (Å²) in [7, 11) is 3.96. The third-order valence-corrected chi connectivity index (χ3v) is 3.43. The van der Waals surface area contributed by atoms with Crippen molar-refractivity contribution in [3.8, 4) is 17.6 Å². The molecule has 2 aromatic rings. The molecule has 0 bridgehead atoms. The summed E-state index contributed by atoms with van der Waals surface area (Å²) in [5.74, 6) is 6.72. The highest BCUT2D eigenvalue weighted by atomic mass is 16.5. The van der Waals surface area contributed by atoms with Crippen LogP contribution in [0.1, 0.15) is 29.8 Å². The van der Waals surface area contributed by atoms with Crippen LogP contribution in [-0.4, -0.2) is 32.7 Å². The maximum atomic E-state index is 12.1. The first kappa shape index (κ1) is 18.4. The van der Waals surface area contributed by atoms with Crippen LogP contribution in [0.3, 0.4) is 0 Å². The summed E-state index contributed by atoms with van der Waals surface area (Å²) in [4.78, 5) is 14.2. The van der Waals surface area contributed by atoms with Gasteiger partial charge in [0.2, 0.25) is 0 Å². The number of carbonyl (C=O) groups excluding carboxylic acids is 1. The predicted octanol–water partition coefficient (Wildman–Crippen LogP) is 3.32. The number of benzene rings is 2. The second kappa shape index (κ2) is 8.79. The molecule has 4 nitrogen and oxygen atoms in total. The van der Waals surface area contributed by atoms with Crippen molar-refractivity contribution >= 4 is 11.6 Å². The molecule has 2 rings (SSSR count). The maximum Gasteiger partial charge on any atom is 0.252 e. The van der Waals surface area contributed by atoms with E-state index in [0.717, 1.165) is 17.0 Å². The van der Waals surface area contributed by atoms with Crippen molar-refractivity contribution in [3.63, 3.8) is 0 Å². The van der Waals surface area contributed by atoms with Crippen LogP contribution in [0.2, 0.25) is 0 Å². The van der Waals surface area contributed by atoms with Crippen LogP contribution in [0.25, 0.3) is 0 Å². The van der Waals surface area contributed by atoms with Crippen molar-refractivity contribution in [2.24, 2.45) is 0 Å². The fraction of sp³-hybridized carbons (Fsp3) is 0.286. The molecule has 130 valence electrons. The number of rotatable bonds is 5. The Hall–Kier alpha value is -2.93. The molecule has 0 aliphatic carbocycles. The minimum Gasteiger partial charge on any atom is -0.491 e. The van der Waals surface area contributed by atoms with Gasteiger partial charge in [-0.15, -0.1) is 0 Å². The lowest BCUT2D eigenvalue weighted by Crippen LogP contribution is -2.23. The van der Waals surface area contributed by atoms with Gasteiger partial charge in [-0.1, -0.05) is 24.0 Å². The first-order valence-electron chi connectivity index (χ1n) is 8.27. The lowest BCUT2D eigenvalue weighted by Gasteiger charge is -2.13. The Bertz CT molecular complexity index is 768. The number of ether oxygens (including phenoxy) is 1. The van der Waals surface area contributed by atoms with Gasteiger partial charge < -0.3 is 15.0 Å². The van der Waals surface area contributed by atoms with Crippen molar-refractivity contribution in [2.45, 2.75) is 20.0 Å². The Morgan fingerprint density at radius 1 is 1.12 bits per heavy atom. The summed E-state index contributed by atoms with van der Waals surface area (Å²) in [6.45, 7) is 4.23. The Kier molecular flexibility index (Phi) is 6.47. The van der Waals surface area contributed by atoms with E-state index >= 15 is 0 Å². The molecule has 0 aliphatic rings. The van der Waals surface area contributed by atoms with E-state index in [1.807, 2.05) is 57.1 Å². The highest BCUT2D eigenvalue weighted by Crippen LogP contribution is 2.16. The van der Waals surface area contributed by atoms with Crippen LogP contribution in [0, 0.1) is 11.8 Å². The van der Waals surface area contributed by atoms with E-state index < -0.39 is 0 Å². The predicted molar refractivity (Wildman–Crippen MR) is 102 cm³/mol. The third-order valence-electron chi connectivity index (χ3n) is 3.43. The van der Waals surface area contributed by atoms with Crippen molar-refractivity contribution in [1.82, 2.24) is 5.32 Å². The van der Waals surface area contributed by atoms with E-state index in [1.165, 1.54) is 0 Å². The summed E-state index contributed by atoms with van der Waals surface area (Å²) in [5, 5.41) is 2.81. The van der Waals surface area contributed by atoms with Gasteiger partial charge in [-0.2, -0.15) is 0 Å². The van der Waals surface area contributed by atoms with Gasteiger partial charge in [-0.05, 0) is 50.2 Å². The standard InChI is InChI=1S/C21H24N2O2/c1-16(2)25-19-13-11-18(12-14-19)21(24)22-15-7-9-17-8-5-6-10-20(17)23(3)4/h5-6,8,10-14,16H,15H2,1-4H3,(H,22,24). The first-order chi connectivity index (χ1) is 12.0. The van der Waals surface area contributed by atoms with Crippen LogP contribution in [-0.2, 0) is 0 Å². The summed E-state index contributed by atoms with van der Waals surface area (Å²) in [6.07, 6.45) is 0.111. The summed E-state index contributed by atoms with van der Waals surface area (Å²) >= 11 is 0. The number of anilines is 1. The average molecular weight is 336 g/mol. The molecule has 0 atom stereocenters. The quantitative estimate of drug-likeness (QED) is 0.852. The number of hydrogen-bond acceptors (Lipinski definition) is 3. The van der Waals surface area contributed by atoms with Gasteiger partial charge in [-0.25, -0.2) is 0 Å². The monoisotopic (exact) mass is 336 g/mol. The molecule has 0 aliphatic heterocycles. The molecule has 2 aromatic carbocycles. The SMILES string of the molecule is CC(C)Oc1ccc(C(=O)NCC#Cc2ccccc2N(C)C)cc1. The van der Waals surface area contributed by atoms with Crippen LogP contribution in [0.15, 0.2) is 48.5 Å². The Balaban J connectivity index is 1.93. The first-order valence-corrected chi connectivity index (χ1v) is 8.27. The third kappa shape index (κ3) is 5.58. The minimum absolute atomic E-state index is 0.111. The van der Waals surface area contributed by atoms with E-state index in [9.17, 15) is 4.79 Å². The Labute approximate surface area is 149 Å². The Morgan fingerprint density at radius 3 is 2.44 bits per heavy atom. The fourth-order valence-corrected chi connectivity index (χ4v) is 2.29. The van der Waals surface area contributed by atoms with Gasteiger partial charge in [0.1, 0.15) is 5.75 Å². The fourth-order valence-electron chi connectivity index (χ4n) is 2.29. The summed E-state index contributed by atoms with van der Waals surface area (Å²) < 4.78 is 5.57. The van der Waals surface area contributed by atoms with Crippen LogP contribution in [0.5, 0.6) is 5.75 Å². The minimum atomic E-state index is -0.147. The van der Waals surface area contributed by atoms with Crippen LogP contribution < -0.4 is 15.0 Å². The summed E-state index contributed by atoms with van der Waals surface area (Å²) in [6, 6.07) is 15.0. The lowest BCUT2D eigenvalue weighted by molar-refractivity contribution is 0.0958. The lowest BCUT2D eigenvalue weighted by atomic mass is 10.1. The van der Waals surface area contributed by atoms with Gasteiger partial charge in [-0.3, -0.25) is 4.79 Å². The molecule has 0 heterocycles. The Morgan fingerprint density at radius 2 is 1.80 bits per heavy atom. The summed E-state index contributed by atoms with van der Waals surface area (Å²) in [5.41, 5.74) is 2.59. The number of para-hydroxylation sites is 1. The molecule has 0 spiro atoms. The van der Waals surface area contributed by atoms with Crippen LogP contribution >= 0.6 is 0 Å². The van der Waals surface area contributed by atoms with Gasteiger partial charge in [0.05, 0.1) is 18.3 Å². The van der Waals surface area contributed by atoms with Crippen molar-refractivity contribution in [1.29, 1.82) is 0 Å². The van der Waals surface area contributed by atoms with E-state index in [4.69, 9.17) is 4.74 Å². The number of nitrogens with zero attached hydrogens (tertiary/aromatic N) is 1. The zero-order valence-corrected chi connectivity index (χ0v) is 15.2. The zero-order chi connectivity index (χ0) is 18.2. The molecule has 0 saturated heterocycles. The van der Waals surface area contributed by atoms with Gasteiger partial charge in [0.15, 0.2) is 0 Å². The van der Waals surface area contributed by atoms with Crippen molar-refractivity contribution < 1.29 is 9.53 Å². The molecular weight excluding hydrogens is 312 g/mol. The number of carbonyl (C=O) groups is 1. The van der Waals surface area contributed by atoms with Gasteiger partial charge in [0, 0.05) is 25.2 Å². The molecule has 1 N–H and O–H groups in total. The normalized spacial score (nSPS) is 9.96. The van der Waals surface area contributed by atoms with E-state index in [2.05, 4.69) is 17.2 Å². The second-order valence-electron chi connectivity index (χ2n) is 6.09. The molecule has 0 aromatic heterocycles. The van der Waals surface area contributed by atoms with Gasteiger partial charge >= 0.3 is 0 Å². The highest BCUT2D eigenvalue weighted by molar-refractivity contribution is 5.94. The van der Waals surface area contributed by atoms with Gasteiger partial charge in [0.25, 0.3) is 5.91 Å². The average Bonchev–Trinajstić information content (AvgIpc) is 2.59. The van der Waals surface area contributed by atoms with Crippen molar-refractivity contribution in [2.75, 3.05) is 25.5 Å². The largest absolute Gasteiger partial charge is 0.491 e. The van der Waals surface area contributed by atoms with Crippen molar-refractivity contribution in [3.05, 3.63) is 59.7 Å². The topological polar surface area (TPSA) is 41.6 Å². The highest BCUT2D eigenvalue weighted by Gasteiger charge is 2.05. The number of hydrogen-bond donors (Lipinski definition) is 1. The molecule has 4 heteroatoms.